The molecule has 0 aliphatic carbocycles. The van der Waals surface area contributed by atoms with Crippen LogP contribution < -0.4 is 10.6 Å². The van der Waals surface area contributed by atoms with E-state index < -0.39 is 49.0 Å². The number of aliphatic hydroxyl groups excluding tert-OH is 5. The van der Waals surface area contributed by atoms with Crippen LogP contribution in [0, 0.1) is 0 Å². The lowest BCUT2D eigenvalue weighted by Crippen LogP contribution is -2.60. The molecule has 0 rings (SSSR count). The van der Waals surface area contributed by atoms with Gasteiger partial charge in [-0.25, -0.2) is 0 Å². The summed E-state index contributed by atoms with van der Waals surface area (Å²) in [5.74, 6) is -1.16. The smallest absolute Gasteiger partial charge is 0.218 e. The van der Waals surface area contributed by atoms with Crippen LogP contribution in [0.25, 0.3) is 0 Å². The molecular weight excluding hydrogens is 260 g/mol. The Balaban J connectivity index is 4.80. The van der Waals surface area contributed by atoms with E-state index in [9.17, 15) is 24.9 Å². The zero-order chi connectivity index (χ0) is 15.2. The van der Waals surface area contributed by atoms with E-state index in [0.29, 0.717) is 0 Å². The standard InChI is InChI=1S/C10H20N2O7/c1-4(14)11-10(12-5(2)15)9(19)8(18)7(17)6(16)3-13/h6-10,13,16-19H,3H2,1-2H3,(H,11,14)(H,12,15)/t6-,7+,8+,9+/m0/s1. The Bertz CT molecular complexity index is 296. The molecule has 7 N–H and O–H groups in total. The largest absolute Gasteiger partial charge is 0.394 e. The number of aliphatic hydroxyl groups is 5. The van der Waals surface area contributed by atoms with E-state index in [1.165, 1.54) is 0 Å². The highest BCUT2D eigenvalue weighted by molar-refractivity contribution is 5.76. The van der Waals surface area contributed by atoms with Gasteiger partial charge in [-0.05, 0) is 0 Å². The van der Waals surface area contributed by atoms with Gasteiger partial charge in [0.05, 0.1) is 6.61 Å². The van der Waals surface area contributed by atoms with Crippen LogP contribution in [-0.4, -0.2) is 74.5 Å². The molecule has 0 unspecified atom stereocenters. The molecule has 0 aliphatic rings. The van der Waals surface area contributed by atoms with Gasteiger partial charge in [0.15, 0.2) is 0 Å². The van der Waals surface area contributed by atoms with Gasteiger partial charge in [-0.15, -0.1) is 0 Å². The van der Waals surface area contributed by atoms with Gasteiger partial charge in [0.25, 0.3) is 0 Å². The highest BCUT2D eigenvalue weighted by Crippen LogP contribution is 2.07. The number of hydrogen-bond acceptors (Lipinski definition) is 7. The van der Waals surface area contributed by atoms with Crippen molar-refractivity contribution < 1.29 is 35.1 Å². The molecule has 9 heteroatoms. The molecule has 4 atom stereocenters. The fourth-order valence-corrected chi connectivity index (χ4v) is 1.38. The molecule has 0 aromatic heterocycles. The fourth-order valence-electron chi connectivity index (χ4n) is 1.38. The molecule has 0 aromatic rings. The van der Waals surface area contributed by atoms with Crippen LogP contribution in [0.2, 0.25) is 0 Å². The molecule has 0 saturated carbocycles. The van der Waals surface area contributed by atoms with Crippen molar-refractivity contribution >= 4 is 11.8 Å². The van der Waals surface area contributed by atoms with Crippen molar-refractivity contribution in [3.63, 3.8) is 0 Å². The molecule has 0 radical (unpaired) electrons. The van der Waals surface area contributed by atoms with Crippen molar-refractivity contribution in [3.8, 4) is 0 Å². The van der Waals surface area contributed by atoms with Gasteiger partial charge < -0.3 is 36.2 Å². The van der Waals surface area contributed by atoms with Gasteiger partial charge in [0.2, 0.25) is 11.8 Å². The minimum absolute atomic E-state index is 0.581. The summed E-state index contributed by atoms with van der Waals surface area (Å²) in [6.45, 7) is 1.44. The molecule has 0 aliphatic heterocycles. The fraction of sp³-hybridized carbons (Fsp3) is 0.800. The monoisotopic (exact) mass is 280 g/mol. The average molecular weight is 280 g/mol. The van der Waals surface area contributed by atoms with E-state index >= 15 is 0 Å². The normalized spacial score (nSPS) is 17.5. The summed E-state index contributed by atoms with van der Waals surface area (Å²) in [6.07, 6.45) is -8.51. The summed E-state index contributed by atoms with van der Waals surface area (Å²) >= 11 is 0. The Kier molecular flexibility index (Phi) is 7.49. The molecule has 2 amide bonds. The van der Waals surface area contributed by atoms with E-state index in [-0.39, 0.29) is 0 Å². The van der Waals surface area contributed by atoms with Crippen LogP contribution >= 0.6 is 0 Å². The van der Waals surface area contributed by atoms with Gasteiger partial charge in [-0.3, -0.25) is 9.59 Å². The molecule has 0 bridgehead atoms. The molecule has 112 valence electrons. The SMILES string of the molecule is CC(=O)NC(NC(C)=O)[C@H](O)[C@H](O)[C@H](O)[C@@H](O)CO. The van der Waals surface area contributed by atoms with Crippen LogP contribution in [0.3, 0.4) is 0 Å². The first-order valence-electron chi connectivity index (χ1n) is 5.58. The van der Waals surface area contributed by atoms with Crippen molar-refractivity contribution in [3.05, 3.63) is 0 Å². The maximum absolute atomic E-state index is 10.9. The first kappa shape index (κ1) is 17.7. The summed E-state index contributed by atoms with van der Waals surface area (Å²) in [7, 11) is 0. The summed E-state index contributed by atoms with van der Waals surface area (Å²) in [5.41, 5.74) is 0. The maximum atomic E-state index is 10.9. The number of carbonyl (C=O) groups is 2. The van der Waals surface area contributed by atoms with Crippen LogP contribution in [0.5, 0.6) is 0 Å². The lowest BCUT2D eigenvalue weighted by atomic mass is 10.0. The number of hydrogen-bond donors (Lipinski definition) is 7. The maximum Gasteiger partial charge on any atom is 0.218 e. The van der Waals surface area contributed by atoms with E-state index in [4.69, 9.17) is 10.2 Å². The second-order valence-electron chi connectivity index (χ2n) is 4.10. The third kappa shape index (κ3) is 5.94. The van der Waals surface area contributed by atoms with Crippen LogP contribution in [0.1, 0.15) is 13.8 Å². The van der Waals surface area contributed by atoms with E-state index in [0.717, 1.165) is 13.8 Å². The predicted octanol–water partition coefficient (Wildman–Crippen LogP) is -3.98. The van der Waals surface area contributed by atoms with Gasteiger partial charge in [-0.2, -0.15) is 0 Å². The summed E-state index contributed by atoms with van der Waals surface area (Å²) in [4.78, 5) is 21.8. The number of rotatable bonds is 7. The van der Waals surface area contributed by atoms with Crippen molar-refractivity contribution in [1.29, 1.82) is 0 Å². The number of amides is 2. The van der Waals surface area contributed by atoms with Crippen molar-refractivity contribution in [2.24, 2.45) is 0 Å². The summed E-state index contributed by atoms with van der Waals surface area (Å²) in [5, 5.41) is 50.9. The zero-order valence-electron chi connectivity index (χ0n) is 10.6. The molecule has 0 fully saturated rings. The minimum Gasteiger partial charge on any atom is -0.394 e. The Labute approximate surface area is 109 Å². The van der Waals surface area contributed by atoms with Gasteiger partial charge >= 0.3 is 0 Å². The Morgan fingerprint density at radius 1 is 0.895 bits per heavy atom. The second-order valence-corrected chi connectivity index (χ2v) is 4.10. The first-order valence-corrected chi connectivity index (χ1v) is 5.58. The van der Waals surface area contributed by atoms with Crippen LogP contribution in [0.15, 0.2) is 0 Å². The van der Waals surface area contributed by atoms with Crippen molar-refractivity contribution in [1.82, 2.24) is 10.6 Å². The van der Waals surface area contributed by atoms with Crippen LogP contribution in [0.4, 0.5) is 0 Å². The quantitative estimate of drug-likeness (QED) is 0.234. The highest BCUT2D eigenvalue weighted by atomic mass is 16.4. The zero-order valence-corrected chi connectivity index (χ0v) is 10.6. The van der Waals surface area contributed by atoms with Gasteiger partial charge in [0.1, 0.15) is 30.6 Å². The first-order chi connectivity index (χ1) is 8.70. The van der Waals surface area contributed by atoms with E-state index in [1.54, 1.807) is 0 Å². The number of carbonyl (C=O) groups excluding carboxylic acids is 2. The Hall–Kier alpha value is -1.26. The minimum atomic E-state index is -1.88. The third-order valence-electron chi connectivity index (χ3n) is 2.34. The lowest BCUT2D eigenvalue weighted by molar-refractivity contribution is -0.136. The number of nitrogens with one attached hydrogen (secondary N) is 2. The Morgan fingerprint density at radius 3 is 1.63 bits per heavy atom. The van der Waals surface area contributed by atoms with Gasteiger partial charge in [-0.1, -0.05) is 0 Å². The topological polar surface area (TPSA) is 159 Å². The van der Waals surface area contributed by atoms with Crippen molar-refractivity contribution in [2.45, 2.75) is 44.4 Å². The second kappa shape index (κ2) is 8.02. The molecule has 0 spiro atoms. The van der Waals surface area contributed by atoms with Gasteiger partial charge in [0, 0.05) is 13.8 Å². The van der Waals surface area contributed by atoms with E-state index in [1.807, 2.05) is 0 Å². The third-order valence-corrected chi connectivity index (χ3v) is 2.34. The predicted molar refractivity (Wildman–Crippen MR) is 62.5 cm³/mol. The molecule has 0 saturated heterocycles. The average Bonchev–Trinajstić information content (AvgIpc) is 2.33. The van der Waals surface area contributed by atoms with Crippen LogP contribution in [-0.2, 0) is 9.59 Å². The Morgan fingerprint density at radius 2 is 1.32 bits per heavy atom. The highest BCUT2D eigenvalue weighted by Gasteiger charge is 2.35. The van der Waals surface area contributed by atoms with Crippen molar-refractivity contribution in [2.75, 3.05) is 6.61 Å². The molecule has 19 heavy (non-hydrogen) atoms. The molecule has 9 nitrogen and oxygen atoms in total. The molecular formula is C10H20N2O7. The summed E-state index contributed by atoms with van der Waals surface area (Å²) < 4.78 is 0. The molecule has 0 heterocycles. The van der Waals surface area contributed by atoms with E-state index in [2.05, 4.69) is 10.6 Å². The summed E-state index contributed by atoms with van der Waals surface area (Å²) in [6, 6.07) is 0. The lowest BCUT2D eigenvalue weighted by Gasteiger charge is -2.31. The molecule has 0 aromatic carbocycles.